The van der Waals surface area contributed by atoms with E-state index in [4.69, 9.17) is 9.32 Å². The van der Waals surface area contributed by atoms with E-state index in [2.05, 4.69) is 0 Å². The van der Waals surface area contributed by atoms with Crippen LogP contribution < -0.4 is 5.14 Å². The van der Waals surface area contributed by atoms with Crippen LogP contribution >= 0.6 is 0 Å². The quantitative estimate of drug-likeness (QED) is 0.540. The predicted molar refractivity (Wildman–Crippen MR) is 124 cm³/mol. The summed E-state index contributed by atoms with van der Waals surface area (Å²) >= 11 is 0. The summed E-state index contributed by atoms with van der Waals surface area (Å²) < 4.78 is 54.9. The fraction of sp³-hybridized carbons (Fsp3) is 0.500. The Balaban J connectivity index is 1.41. The van der Waals surface area contributed by atoms with E-state index in [0.29, 0.717) is 12.3 Å². The van der Waals surface area contributed by atoms with Gasteiger partial charge in [-0.15, -0.1) is 0 Å². The molecule has 2 aromatic carbocycles. The van der Waals surface area contributed by atoms with Gasteiger partial charge in [-0.3, -0.25) is 4.18 Å². The Kier molecular flexibility index (Phi) is 5.61. The number of sulfonamides is 1. The third-order valence-corrected chi connectivity index (χ3v) is 10.6. The lowest BCUT2D eigenvalue weighted by atomic mass is 9.55. The molecule has 34 heavy (non-hydrogen) atoms. The van der Waals surface area contributed by atoms with Gasteiger partial charge in [0.25, 0.3) is 10.1 Å². The van der Waals surface area contributed by atoms with Crippen molar-refractivity contribution in [2.45, 2.75) is 66.9 Å². The number of phenolic OH excluding ortho intramolecular Hbond substituents is 1. The van der Waals surface area contributed by atoms with Crippen LogP contribution in [0.4, 0.5) is 0 Å². The second-order valence-corrected chi connectivity index (χ2v) is 13.3. The van der Waals surface area contributed by atoms with Crippen molar-refractivity contribution in [3.05, 3.63) is 53.6 Å². The van der Waals surface area contributed by atoms with E-state index in [1.54, 1.807) is 6.07 Å². The SMILES string of the molecule is C[C@]12CC[C@@H]3c4ccc(O)cc4CC[C@H]3[C@@H]1C[C@@H](OS(=O)(=O)c1cccc(S(N)(=O)=O)c1)[C@@H]2O. The molecule has 2 fully saturated rings. The molecule has 0 radical (unpaired) electrons. The third kappa shape index (κ3) is 3.85. The summed E-state index contributed by atoms with van der Waals surface area (Å²) in [5, 5.41) is 26.2. The van der Waals surface area contributed by atoms with Crippen LogP contribution in [0.15, 0.2) is 52.3 Å². The van der Waals surface area contributed by atoms with Crippen molar-refractivity contribution >= 4 is 20.1 Å². The Morgan fingerprint density at radius 2 is 1.79 bits per heavy atom. The van der Waals surface area contributed by atoms with Crippen LogP contribution in [0.2, 0.25) is 0 Å². The molecule has 0 saturated heterocycles. The molecule has 0 heterocycles. The number of aliphatic hydroxyl groups excluding tert-OH is 1. The summed E-state index contributed by atoms with van der Waals surface area (Å²) in [5.41, 5.74) is 1.92. The molecule has 3 aliphatic rings. The molecule has 4 N–H and O–H groups in total. The molecule has 0 aromatic heterocycles. The van der Waals surface area contributed by atoms with Crippen molar-refractivity contribution in [2.75, 3.05) is 0 Å². The van der Waals surface area contributed by atoms with Gasteiger partial charge in [0.1, 0.15) is 11.9 Å². The predicted octanol–water partition coefficient (Wildman–Crippen LogP) is 2.64. The molecule has 2 saturated carbocycles. The van der Waals surface area contributed by atoms with Crippen LogP contribution in [0.5, 0.6) is 5.75 Å². The molecule has 0 amide bonds. The Morgan fingerprint density at radius 3 is 2.53 bits per heavy atom. The smallest absolute Gasteiger partial charge is 0.297 e. The fourth-order valence-electron chi connectivity index (χ4n) is 6.65. The molecule has 10 heteroatoms. The van der Waals surface area contributed by atoms with Crippen molar-refractivity contribution in [1.82, 2.24) is 0 Å². The highest BCUT2D eigenvalue weighted by Gasteiger charge is 2.59. The lowest BCUT2D eigenvalue weighted by Crippen LogP contribution is -2.45. The van der Waals surface area contributed by atoms with Crippen molar-refractivity contribution in [2.24, 2.45) is 22.4 Å². The lowest BCUT2D eigenvalue weighted by molar-refractivity contribution is -0.0443. The lowest BCUT2D eigenvalue weighted by Gasteiger charge is -2.49. The Hall–Kier alpha value is -1.98. The van der Waals surface area contributed by atoms with Crippen LogP contribution in [0.3, 0.4) is 0 Å². The van der Waals surface area contributed by atoms with Gasteiger partial charge in [-0.1, -0.05) is 19.1 Å². The van der Waals surface area contributed by atoms with Gasteiger partial charge in [0.05, 0.1) is 15.9 Å². The van der Waals surface area contributed by atoms with Gasteiger partial charge in [-0.05, 0) is 96.7 Å². The van der Waals surface area contributed by atoms with E-state index in [-0.39, 0.29) is 27.4 Å². The Morgan fingerprint density at radius 1 is 1.06 bits per heavy atom. The highest BCUT2D eigenvalue weighted by Crippen LogP contribution is 2.61. The Bertz CT molecular complexity index is 1340. The van der Waals surface area contributed by atoms with E-state index < -0.39 is 37.8 Å². The summed E-state index contributed by atoms with van der Waals surface area (Å²) in [6, 6.07) is 10.3. The minimum atomic E-state index is -4.32. The number of phenols is 1. The van der Waals surface area contributed by atoms with Gasteiger partial charge in [-0.2, -0.15) is 8.42 Å². The normalized spacial score (nSPS) is 33.1. The number of aliphatic hydroxyl groups is 1. The number of nitrogens with two attached hydrogens (primary N) is 1. The van der Waals surface area contributed by atoms with Crippen LogP contribution in [0.1, 0.15) is 49.7 Å². The summed E-state index contributed by atoms with van der Waals surface area (Å²) in [4.78, 5) is -0.630. The van der Waals surface area contributed by atoms with Gasteiger partial charge in [-0.25, -0.2) is 13.6 Å². The molecular formula is C24H29NO7S2. The minimum Gasteiger partial charge on any atom is -0.508 e. The van der Waals surface area contributed by atoms with Crippen LogP contribution in [0, 0.1) is 17.3 Å². The molecule has 0 aliphatic heterocycles. The van der Waals surface area contributed by atoms with E-state index in [1.165, 1.54) is 23.8 Å². The van der Waals surface area contributed by atoms with Gasteiger partial charge in [0, 0.05) is 0 Å². The van der Waals surface area contributed by atoms with Gasteiger partial charge in [0.2, 0.25) is 10.0 Å². The Labute approximate surface area is 199 Å². The topological polar surface area (TPSA) is 144 Å². The molecule has 184 valence electrons. The highest BCUT2D eigenvalue weighted by molar-refractivity contribution is 7.89. The number of aryl methyl sites for hydroxylation is 1. The zero-order chi connectivity index (χ0) is 24.5. The number of benzene rings is 2. The average Bonchev–Trinajstić information content (AvgIpc) is 3.03. The maximum Gasteiger partial charge on any atom is 0.297 e. The molecule has 2 aromatic rings. The maximum absolute atomic E-state index is 13.0. The van der Waals surface area contributed by atoms with Crippen LogP contribution in [0.25, 0.3) is 0 Å². The number of hydrogen-bond donors (Lipinski definition) is 3. The van der Waals surface area contributed by atoms with Crippen molar-refractivity contribution in [3.63, 3.8) is 0 Å². The second-order valence-electron chi connectivity index (χ2n) is 10.1. The molecule has 8 nitrogen and oxygen atoms in total. The zero-order valence-corrected chi connectivity index (χ0v) is 20.4. The third-order valence-electron chi connectivity index (χ3n) is 8.33. The number of fused-ring (bicyclic) bond motifs is 5. The van der Waals surface area contributed by atoms with Crippen molar-refractivity contribution in [1.29, 1.82) is 0 Å². The molecule has 5 rings (SSSR count). The van der Waals surface area contributed by atoms with Crippen LogP contribution in [-0.4, -0.2) is 39.3 Å². The molecule has 6 atom stereocenters. The van der Waals surface area contributed by atoms with E-state index >= 15 is 0 Å². The standard InChI is InChI=1S/C24H29NO7S2/c1-24-10-9-19-18-8-6-15(26)11-14(18)5-7-20(19)21(24)13-22(23(24)27)32-34(30,31)17-4-2-3-16(12-17)33(25,28)29/h2-4,6,8,11-12,19-23,26-27H,5,7,9-10,13H2,1H3,(H2,25,28,29)/t19-,20-,21+,22-,23+,24+/m1/s1. The monoisotopic (exact) mass is 507 g/mol. The molecular weight excluding hydrogens is 478 g/mol. The summed E-state index contributed by atoms with van der Waals surface area (Å²) in [5.74, 6) is 0.933. The number of hydrogen-bond acceptors (Lipinski definition) is 7. The first-order valence-electron chi connectivity index (χ1n) is 11.5. The van der Waals surface area contributed by atoms with Gasteiger partial charge in [0.15, 0.2) is 0 Å². The second kappa shape index (κ2) is 8.03. The summed E-state index contributed by atoms with van der Waals surface area (Å²) in [6.07, 6.45) is 1.87. The van der Waals surface area contributed by atoms with Gasteiger partial charge < -0.3 is 10.2 Å². The zero-order valence-electron chi connectivity index (χ0n) is 18.8. The van der Waals surface area contributed by atoms with E-state index in [0.717, 1.165) is 37.3 Å². The molecule has 0 bridgehead atoms. The molecule has 0 spiro atoms. The van der Waals surface area contributed by atoms with Crippen molar-refractivity contribution < 1.29 is 31.2 Å². The van der Waals surface area contributed by atoms with E-state index in [9.17, 15) is 27.0 Å². The summed E-state index contributed by atoms with van der Waals surface area (Å²) in [7, 11) is -8.40. The molecule has 0 unspecified atom stereocenters. The maximum atomic E-state index is 13.0. The van der Waals surface area contributed by atoms with E-state index in [1.807, 2.05) is 19.1 Å². The first kappa shape index (κ1) is 23.7. The fourth-order valence-corrected chi connectivity index (χ4v) is 8.42. The minimum absolute atomic E-state index is 0.0826. The average molecular weight is 508 g/mol. The first-order chi connectivity index (χ1) is 15.9. The number of aromatic hydroxyl groups is 1. The number of rotatable bonds is 4. The van der Waals surface area contributed by atoms with Crippen LogP contribution in [-0.2, 0) is 30.7 Å². The first-order valence-corrected chi connectivity index (χ1v) is 14.4. The highest BCUT2D eigenvalue weighted by atomic mass is 32.2. The van der Waals surface area contributed by atoms with Crippen molar-refractivity contribution in [3.8, 4) is 5.75 Å². The number of primary sulfonamides is 1. The largest absolute Gasteiger partial charge is 0.508 e. The summed E-state index contributed by atoms with van der Waals surface area (Å²) in [6.45, 7) is 2.02. The van der Waals surface area contributed by atoms with Gasteiger partial charge >= 0.3 is 0 Å². The molecule has 3 aliphatic carbocycles.